The Bertz CT molecular complexity index is 975. The lowest BCUT2D eigenvalue weighted by atomic mass is 10.0. The molecule has 150 valence electrons. The van der Waals surface area contributed by atoms with E-state index >= 15 is 0 Å². The van der Waals surface area contributed by atoms with Gasteiger partial charge in [-0.3, -0.25) is 4.79 Å². The lowest BCUT2D eigenvalue weighted by molar-refractivity contribution is 0.0474. The van der Waals surface area contributed by atoms with E-state index in [1.165, 1.54) is 0 Å². The first-order chi connectivity index (χ1) is 13.9. The average molecular weight is 394 g/mol. The van der Waals surface area contributed by atoms with E-state index < -0.39 is 5.97 Å². The zero-order valence-electron chi connectivity index (χ0n) is 16.5. The van der Waals surface area contributed by atoms with Crippen LogP contribution in [0, 0.1) is 6.92 Å². The molecule has 0 bridgehead atoms. The second-order valence-electron chi connectivity index (χ2n) is 6.82. The number of ether oxygens (including phenoxy) is 2. The molecule has 0 saturated carbocycles. The monoisotopic (exact) mass is 394 g/mol. The van der Waals surface area contributed by atoms with Crippen molar-refractivity contribution < 1.29 is 23.6 Å². The molecule has 0 aliphatic rings. The summed E-state index contributed by atoms with van der Waals surface area (Å²) in [6.45, 7) is 5.71. The Hall–Kier alpha value is -3.48. The molecule has 7 heteroatoms. The number of rotatable bonds is 8. The first-order valence-corrected chi connectivity index (χ1v) is 9.24. The number of ketones is 1. The van der Waals surface area contributed by atoms with Crippen LogP contribution in [0.4, 0.5) is 0 Å². The largest absolute Gasteiger partial charge is 0.485 e. The number of benzene rings is 2. The Morgan fingerprint density at radius 3 is 2.24 bits per heavy atom. The number of aromatic nitrogens is 2. The van der Waals surface area contributed by atoms with Gasteiger partial charge in [0.1, 0.15) is 5.75 Å². The third-order valence-electron chi connectivity index (χ3n) is 4.26. The normalized spacial score (nSPS) is 10.8. The van der Waals surface area contributed by atoms with Crippen molar-refractivity contribution >= 4 is 11.8 Å². The molecule has 0 amide bonds. The number of carbonyl (C=O) groups is 2. The second kappa shape index (κ2) is 9.14. The molecule has 0 unspecified atom stereocenters. The molecule has 0 radical (unpaired) electrons. The Morgan fingerprint density at radius 2 is 1.66 bits per heavy atom. The van der Waals surface area contributed by atoms with Crippen LogP contribution in [-0.4, -0.2) is 28.5 Å². The van der Waals surface area contributed by atoms with E-state index in [1.54, 1.807) is 43.3 Å². The predicted molar refractivity (Wildman–Crippen MR) is 105 cm³/mol. The third kappa shape index (κ3) is 5.51. The zero-order chi connectivity index (χ0) is 20.8. The van der Waals surface area contributed by atoms with Gasteiger partial charge in [-0.1, -0.05) is 43.3 Å². The number of nitrogens with zero attached hydrogens (tertiary/aromatic N) is 2. The summed E-state index contributed by atoms with van der Waals surface area (Å²) in [6.07, 6.45) is 0. The van der Waals surface area contributed by atoms with E-state index in [4.69, 9.17) is 14.0 Å². The molecule has 2 aromatic carbocycles. The van der Waals surface area contributed by atoms with Crippen LogP contribution >= 0.6 is 0 Å². The SMILES string of the molecule is Cc1nc(COc2ccc(C(=O)OCC(=O)c3ccc(C(C)C)cc3)cc2)no1. The van der Waals surface area contributed by atoms with Crippen molar-refractivity contribution in [1.82, 2.24) is 10.1 Å². The van der Waals surface area contributed by atoms with Gasteiger partial charge >= 0.3 is 5.97 Å². The molecule has 3 rings (SSSR count). The zero-order valence-corrected chi connectivity index (χ0v) is 16.5. The highest BCUT2D eigenvalue weighted by Gasteiger charge is 2.13. The van der Waals surface area contributed by atoms with Crippen LogP contribution < -0.4 is 4.74 Å². The van der Waals surface area contributed by atoms with Gasteiger partial charge in [0.2, 0.25) is 11.7 Å². The summed E-state index contributed by atoms with van der Waals surface area (Å²) >= 11 is 0. The van der Waals surface area contributed by atoms with Crippen LogP contribution in [0.1, 0.15) is 57.8 Å². The van der Waals surface area contributed by atoms with Crippen LogP contribution in [0.5, 0.6) is 5.75 Å². The number of hydrogen-bond donors (Lipinski definition) is 0. The Labute approximate surface area is 168 Å². The molecule has 1 heterocycles. The van der Waals surface area contributed by atoms with Gasteiger partial charge < -0.3 is 14.0 Å². The highest BCUT2D eigenvalue weighted by molar-refractivity contribution is 5.99. The van der Waals surface area contributed by atoms with Crippen LogP contribution in [0.3, 0.4) is 0 Å². The van der Waals surface area contributed by atoms with E-state index in [9.17, 15) is 9.59 Å². The molecule has 7 nitrogen and oxygen atoms in total. The fourth-order valence-corrected chi connectivity index (χ4v) is 2.59. The van der Waals surface area contributed by atoms with E-state index in [1.807, 2.05) is 12.1 Å². The van der Waals surface area contributed by atoms with Crippen LogP contribution in [-0.2, 0) is 11.3 Å². The van der Waals surface area contributed by atoms with Gasteiger partial charge in [0.05, 0.1) is 5.56 Å². The van der Waals surface area contributed by atoms with Crippen LogP contribution in [0.2, 0.25) is 0 Å². The third-order valence-corrected chi connectivity index (χ3v) is 4.26. The number of aryl methyl sites for hydroxylation is 1. The van der Waals surface area contributed by atoms with Gasteiger partial charge in [-0.05, 0) is 35.7 Å². The fraction of sp³-hybridized carbons (Fsp3) is 0.273. The Kier molecular flexibility index (Phi) is 6.39. The first kappa shape index (κ1) is 20.3. The van der Waals surface area contributed by atoms with Crippen molar-refractivity contribution in [3.63, 3.8) is 0 Å². The summed E-state index contributed by atoms with van der Waals surface area (Å²) in [5.41, 5.74) is 1.99. The lowest BCUT2D eigenvalue weighted by Crippen LogP contribution is -2.14. The molecule has 0 spiro atoms. The topological polar surface area (TPSA) is 91.5 Å². The number of hydrogen-bond acceptors (Lipinski definition) is 7. The van der Waals surface area contributed by atoms with Crippen molar-refractivity contribution in [3.05, 3.63) is 76.9 Å². The maximum absolute atomic E-state index is 12.2. The number of esters is 1. The standard InChI is InChI=1S/C22H22N2O5/c1-14(2)16-4-6-17(7-5-16)20(25)12-28-22(26)18-8-10-19(11-9-18)27-13-21-23-15(3)29-24-21/h4-11,14H,12-13H2,1-3H3. The van der Waals surface area contributed by atoms with Crippen molar-refractivity contribution in [3.8, 4) is 5.75 Å². The minimum atomic E-state index is -0.572. The van der Waals surface area contributed by atoms with E-state index in [-0.39, 0.29) is 19.0 Å². The molecule has 0 aliphatic heterocycles. The summed E-state index contributed by atoms with van der Waals surface area (Å²) in [5, 5.41) is 3.74. The van der Waals surface area contributed by atoms with Gasteiger partial charge in [0, 0.05) is 12.5 Å². The maximum atomic E-state index is 12.2. The molecule has 1 aromatic heterocycles. The second-order valence-corrected chi connectivity index (χ2v) is 6.82. The quantitative estimate of drug-likeness (QED) is 0.419. The van der Waals surface area contributed by atoms with Crippen LogP contribution in [0.25, 0.3) is 0 Å². The summed E-state index contributed by atoms with van der Waals surface area (Å²) in [7, 11) is 0. The van der Waals surface area contributed by atoms with Gasteiger partial charge in [-0.15, -0.1) is 0 Å². The molecule has 29 heavy (non-hydrogen) atoms. The van der Waals surface area contributed by atoms with Gasteiger partial charge in [-0.2, -0.15) is 4.98 Å². The minimum absolute atomic E-state index is 0.158. The molecule has 3 aromatic rings. The van der Waals surface area contributed by atoms with Gasteiger partial charge in [0.15, 0.2) is 19.0 Å². The molecule has 0 saturated heterocycles. The smallest absolute Gasteiger partial charge is 0.338 e. The number of Topliss-reactive ketones (excluding diaryl/α,β-unsaturated/α-hetero) is 1. The van der Waals surface area contributed by atoms with E-state index in [0.29, 0.717) is 34.5 Å². The van der Waals surface area contributed by atoms with Crippen LogP contribution in [0.15, 0.2) is 53.1 Å². The van der Waals surface area contributed by atoms with Gasteiger partial charge in [-0.25, -0.2) is 4.79 Å². The predicted octanol–water partition coefficient (Wildman–Crippen LogP) is 4.12. The first-order valence-electron chi connectivity index (χ1n) is 9.24. The van der Waals surface area contributed by atoms with Crippen molar-refractivity contribution in [2.24, 2.45) is 0 Å². The minimum Gasteiger partial charge on any atom is -0.485 e. The van der Waals surface area contributed by atoms with Crippen molar-refractivity contribution in [2.45, 2.75) is 33.3 Å². The molecule has 0 atom stereocenters. The number of carbonyl (C=O) groups excluding carboxylic acids is 2. The Morgan fingerprint density at radius 1 is 1.00 bits per heavy atom. The van der Waals surface area contributed by atoms with Gasteiger partial charge in [0.25, 0.3) is 0 Å². The molecule has 0 N–H and O–H groups in total. The van der Waals surface area contributed by atoms with E-state index in [2.05, 4.69) is 24.0 Å². The summed E-state index contributed by atoms with van der Waals surface area (Å²) in [6, 6.07) is 13.7. The summed E-state index contributed by atoms with van der Waals surface area (Å²) in [5.74, 6) is 1.02. The fourth-order valence-electron chi connectivity index (χ4n) is 2.59. The van der Waals surface area contributed by atoms with E-state index in [0.717, 1.165) is 5.56 Å². The molecular weight excluding hydrogens is 372 g/mol. The lowest BCUT2D eigenvalue weighted by Gasteiger charge is -2.08. The maximum Gasteiger partial charge on any atom is 0.338 e. The molecular formula is C22H22N2O5. The summed E-state index contributed by atoms with van der Waals surface area (Å²) < 4.78 is 15.5. The Balaban J connectivity index is 1.50. The highest BCUT2D eigenvalue weighted by atomic mass is 16.5. The average Bonchev–Trinajstić information content (AvgIpc) is 3.15. The highest BCUT2D eigenvalue weighted by Crippen LogP contribution is 2.16. The van der Waals surface area contributed by atoms with Crippen molar-refractivity contribution in [2.75, 3.05) is 6.61 Å². The summed E-state index contributed by atoms with van der Waals surface area (Å²) in [4.78, 5) is 28.4. The molecule has 0 aliphatic carbocycles. The molecule has 0 fully saturated rings. The van der Waals surface area contributed by atoms with Crippen molar-refractivity contribution in [1.29, 1.82) is 0 Å².